The van der Waals surface area contributed by atoms with Crippen molar-refractivity contribution < 1.29 is 0 Å². The highest BCUT2D eigenvalue weighted by molar-refractivity contribution is 6.18. The highest BCUT2D eigenvalue weighted by atomic mass is 15.2. The van der Waals surface area contributed by atoms with Crippen LogP contribution in [0.15, 0.2) is 449 Å². The first-order valence-electron chi connectivity index (χ1n) is 43.2. The van der Waals surface area contributed by atoms with Crippen LogP contribution in [0, 0.1) is 0 Å². The van der Waals surface area contributed by atoms with Gasteiger partial charge in [-0.05, 0) is 219 Å². The third-order valence-electron chi connectivity index (χ3n) is 26.2. The van der Waals surface area contributed by atoms with E-state index in [9.17, 15) is 0 Å². The van der Waals surface area contributed by atoms with Crippen molar-refractivity contribution in [1.29, 1.82) is 0 Å². The average molecular weight is 1600 g/mol. The maximum atomic E-state index is 6.02. The van der Waals surface area contributed by atoms with Gasteiger partial charge in [-0.15, -0.1) is 0 Å². The van der Waals surface area contributed by atoms with Gasteiger partial charge in [-0.2, -0.15) is 0 Å². The molecule has 0 N–H and O–H groups in total. The van der Waals surface area contributed by atoms with Gasteiger partial charge in [-0.25, -0.2) is 9.97 Å². The van der Waals surface area contributed by atoms with Gasteiger partial charge in [0.15, 0.2) is 0 Å². The first-order valence-corrected chi connectivity index (χ1v) is 43.2. The van der Waals surface area contributed by atoms with E-state index in [1.807, 2.05) is 0 Å². The van der Waals surface area contributed by atoms with E-state index in [-0.39, 0.29) is 0 Å². The number of benzene rings is 19. The Morgan fingerprint density at radius 2 is 0.381 bits per heavy atom. The molecule has 7 heterocycles. The Balaban J connectivity index is 0.698. The molecular formula is C118H74N8. The maximum absolute atomic E-state index is 6.02. The van der Waals surface area contributed by atoms with Crippen molar-refractivity contribution >= 4 is 131 Å². The molecule has 0 atom stereocenters. The number of fused-ring (bicyclic) bond motifs is 18. The average Bonchev–Trinajstić information content (AvgIpc) is 1.55. The van der Waals surface area contributed by atoms with Crippen LogP contribution in [0.25, 0.3) is 243 Å². The molecular weight excluding hydrogens is 1530 g/mol. The van der Waals surface area contributed by atoms with Crippen molar-refractivity contribution in [3.05, 3.63) is 449 Å². The minimum atomic E-state index is 0.548. The van der Waals surface area contributed by atoms with Crippen molar-refractivity contribution in [2.75, 3.05) is 0 Å². The third kappa shape index (κ3) is 11.2. The maximum Gasteiger partial charge on any atom is 0.235 e. The molecule has 586 valence electrons. The quantitative estimate of drug-likeness (QED) is 0.116. The van der Waals surface area contributed by atoms with Crippen LogP contribution in [0.2, 0.25) is 0 Å². The molecule has 0 aliphatic carbocycles. The second-order valence-corrected chi connectivity index (χ2v) is 33.2. The predicted molar refractivity (Wildman–Crippen MR) is 526 cm³/mol. The van der Waals surface area contributed by atoms with E-state index in [1.165, 1.54) is 54.1 Å². The van der Waals surface area contributed by atoms with E-state index in [4.69, 9.17) is 9.97 Å². The fraction of sp³-hybridized carbons (Fsp3) is 0. The molecule has 0 aliphatic rings. The monoisotopic (exact) mass is 1600 g/mol. The lowest BCUT2D eigenvalue weighted by molar-refractivity contribution is 0.995. The van der Waals surface area contributed by atoms with Gasteiger partial charge in [-0.3, -0.25) is 4.57 Å². The summed E-state index contributed by atoms with van der Waals surface area (Å²) < 4.78 is 14.4. The van der Waals surface area contributed by atoms with Crippen LogP contribution in [-0.2, 0) is 0 Å². The molecule has 0 bridgehead atoms. The third-order valence-corrected chi connectivity index (χ3v) is 26.2. The molecule has 0 aliphatic heterocycles. The molecule has 19 aromatic carbocycles. The van der Waals surface area contributed by atoms with E-state index < -0.39 is 0 Å². The first-order chi connectivity index (χ1) is 62.5. The SMILES string of the molecule is c1ccc(-c2ccccc2-c2cc(-c3cccc(-n4c5cc(-c6ccc7c(c6)c6ccccc6n7-c6ccccc6)ccc5c5ccc(-c6ccc7c(c6)c6ccccc6n7-c6ccccc6)cc54)c3)nc(-n3c4cc(-c5ccc6c(c5)c5ccccc5n6-c5ccccc5)ccc4c4ccc(-c5ccc6c(c5)c5ccccc5n6-c5ccccc5)cc43)n2)cc1. The molecule has 8 nitrogen and oxygen atoms in total. The summed E-state index contributed by atoms with van der Waals surface area (Å²) in [4.78, 5) is 12.0. The predicted octanol–water partition coefficient (Wildman–Crippen LogP) is 30.7. The number of para-hydroxylation sites is 8. The van der Waals surface area contributed by atoms with Gasteiger partial charge in [0.05, 0.1) is 77.6 Å². The van der Waals surface area contributed by atoms with Gasteiger partial charge in [0.25, 0.3) is 0 Å². The zero-order valence-electron chi connectivity index (χ0n) is 68.3. The van der Waals surface area contributed by atoms with Crippen LogP contribution in [-0.4, -0.2) is 37.4 Å². The van der Waals surface area contributed by atoms with Crippen molar-refractivity contribution in [3.63, 3.8) is 0 Å². The topological polar surface area (TPSA) is 55.4 Å². The summed E-state index contributed by atoms with van der Waals surface area (Å²) in [5.41, 5.74) is 33.5. The fourth-order valence-electron chi connectivity index (χ4n) is 20.5. The smallest absolute Gasteiger partial charge is 0.235 e. The zero-order valence-corrected chi connectivity index (χ0v) is 68.3. The number of nitrogens with zero attached hydrogens (tertiary/aromatic N) is 8. The van der Waals surface area contributed by atoms with Gasteiger partial charge in [-0.1, -0.05) is 285 Å². The Hall–Kier alpha value is -16.9. The molecule has 0 saturated carbocycles. The lowest BCUT2D eigenvalue weighted by Gasteiger charge is -2.16. The summed E-state index contributed by atoms with van der Waals surface area (Å²) in [6, 6.07) is 165. The molecule has 8 heteroatoms. The van der Waals surface area contributed by atoms with Crippen LogP contribution >= 0.6 is 0 Å². The molecule has 0 unspecified atom stereocenters. The first kappa shape index (κ1) is 70.9. The largest absolute Gasteiger partial charge is 0.309 e. The van der Waals surface area contributed by atoms with Crippen LogP contribution in [0.4, 0.5) is 0 Å². The Morgan fingerprint density at radius 3 is 0.746 bits per heavy atom. The van der Waals surface area contributed by atoms with Crippen molar-refractivity contribution in [2.45, 2.75) is 0 Å². The molecule has 0 fully saturated rings. The minimum Gasteiger partial charge on any atom is -0.309 e. The minimum absolute atomic E-state index is 0.548. The van der Waals surface area contributed by atoms with Crippen LogP contribution < -0.4 is 0 Å². The Morgan fingerprint density at radius 1 is 0.127 bits per heavy atom. The van der Waals surface area contributed by atoms with E-state index >= 15 is 0 Å². The summed E-state index contributed by atoms with van der Waals surface area (Å²) in [5, 5.41) is 14.1. The second-order valence-electron chi connectivity index (χ2n) is 33.2. The highest BCUT2D eigenvalue weighted by Crippen LogP contribution is 2.47. The standard InChI is InChI=1S/C118H74N8/c1-6-27-75(28-7-1)90-39-16-17-40-91(90)105-74-104(119-118(120-105)126-116-72-82(78-55-63-112-102(68-78)94-43-20-24-47-108(94)123(112)87-34-12-4-13-35-87)51-59-98(116)99-60-52-83(73-117(99)126)79-56-64-113-103(69-79)95-44-21-25-48-109(95)124(113)88-36-14-5-15-37-88)84-29-26-38-89(65-84)125-114-70-80(76-53-61-110-100(66-76)92-41-18-22-45-106(92)121(110)85-30-8-2-9-31-85)49-57-96(114)97-58-50-81(71-115(97)125)77-54-62-111-101(67-77)93-42-19-23-46-107(93)122(111)86-32-10-3-11-33-86/h1-74H. The number of rotatable bonds is 13. The number of hydrogen-bond acceptors (Lipinski definition) is 2. The van der Waals surface area contributed by atoms with E-state index in [0.717, 1.165) is 183 Å². The van der Waals surface area contributed by atoms with Gasteiger partial charge in [0, 0.05) is 104 Å². The van der Waals surface area contributed by atoms with Crippen molar-refractivity contribution in [1.82, 2.24) is 37.4 Å². The summed E-state index contributed by atoms with van der Waals surface area (Å²) in [5.74, 6) is 0.548. The van der Waals surface area contributed by atoms with E-state index in [2.05, 4.69) is 476 Å². The van der Waals surface area contributed by atoms with Gasteiger partial charge >= 0.3 is 0 Å². The van der Waals surface area contributed by atoms with Crippen molar-refractivity contribution in [2.24, 2.45) is 0 Å². The van der Waals surface area contributed by atoms with Crippen LogP contribution in [0.3, 0.4) is 0 Å². The lowest BCUT2D eigenvalue weighted by Crippen LogP contribution is -2.05. The Bertz CT molecular complexity index is 8520. The molecule has 0 spiro atoms. The fourth-order valence-corrected chi connectivity index (χ4v) is 20.5. The molecule has 0 radical (unpaired) electrons. The number of hydrogen-bond donors (Lipinski definition) is 0. The summed E-state index contributed by atoms with van der Waals surface area (Å²) in [7, 11) is 0. The lowest BCUT2D eigenvalue weighted by atomic mass is 9.97. The van der Waals surface area contributed by atoms with E-state index in [0.29, 0.717) is 5.95 Å². The van der Waals surface area contributed by atoms with Crippen LogP contribution in [0.5, 0.6) is 0 Å². The summed E-state index contributed by atoms with van der Waals surface area (Å²) in [6.07, 6.45) is 0. The van der Waals surface area contributed by atoms with Gasteiger partial charge < -0.3 is 22.8 Å². The normalized spacial score (nSPS) is 12.0. The molecule has 0 saturated heterocycles. The molecule has 7 aromatic heterocycles. The highest BCUT2D eigenvalue weighted by Gasteiger charge is 2.26. The Kier molecular flexibility index (Phi) is 15.9. The summed E-state index contributed by atoms with van der Waals surface area (Å²) >= 11 is 0. The molecule has 26 aromatic rings. The summed E-state index contributed by atoms with van der Waals surface area (Å²) in [6.45, 7) is 0. The number of aromatic nitrogens is 8. The molecule has 0 amide bonds. The van der Waals surface area contributed by atoms with Crippen LogP contribution in [0.1, 0.15) is 0 Å². The second kappa shape index (κ2) is 28.3. The Labute approximate surface area is 724 Å². The van der Waals surface area contributed by atoms with Crippen molar-refractivity contribution in [3.8, 4) is 113 Å². The van der Waals surface area contributed by atoms with Gasteiger partial charge in [0.2, 0.25) is 5.95 Å². The molecule has 126 heavy (non-hydrogen) atoms. The van der Waals surface area contributed by atoms with Gasteiger partial charge in [0.1, 0.15) is 0 Å². The van der Waals surface area contributed by atoms with E-state index in [1.54, 1.807) is 0 Å². The molecule has 26 rings (SSSR count). The zero-order chi connectivity index (χ0) is 82.6.